The second-order valence-electron chi connectivity index (χ2n) is 6.72. The van der Waals surface area contributed by atoms with E-state index in [1.165, 1.54) is 9.80 Å². The summed E-state index contributed by atoms with van der Waals surface area (Å²) < 4.78 is 5.08. The van der Waals surface area contributed by atoms with Crippen LogP contribution in [-0.2, 0) is 14.3 Å². The molecular formula is C19H25N3O4. The summed E-state index contributed by atoms with van der Waals surface area (Å²) in [5.41, 5.74) is 0.724. The molecule has 7 nitrogen and oxygen atoms in total. The van der Waals surface area contributed by atoms with Crippen molar-refractivity contribution in [3.05, 3.63) is 30.3 Å². The Kier molecular flexibility index (Phi) is 5.56. The van der Waals surface area contributed by atoms with Crippen molar-refractivity contribution in [2.75, 3.05) is 31.3 Å². The van der Waals surface area contributed by atoms with E-state index in [0.29, 0.717) is 32.5 Å². The number of benzene rings is 1. The molecule has 1 aromatic carbocycles. The minimum Gasteiger partial charge on any atom is -0.466 e. The molecule has 0 radical (unpaired) electrons. The highest BCUT2D eigenvalue weighted by Gasteiger charge is 2.44. The maximum absolute atomic E-state index is 12.8. The monoisotopic (exact) mass is 359 g/mol. The number of imide groups is 1. The molecule has 140 valence electrons. The molecular weight excluding hydrogens is 334 g/mol. The third-order valence-corrected chi connectivity index (χ3v) is 5.03. The number of rotatable bonds is 5. The molecule has 2 heterocycles. The van der Waals surface area contributed by atoms with E-state index in [1.54, 1.807) is 13.8 Å². The molecule has 0 spiro atoms. The summed E-state index contributed by atoms with van der Waals surface area (Å²) in [6, 6.07) is 8.43. The number of esters is 1. The molecule has 0 N–H and O–H groups in total. The number of amides is 3. The van der Waals surface area contributed by atoms with Gasteiger partial charge in [0, 0.05) is 18.8 Å². The summed E-state index contributed by atoms with van der Waals surface area (Å²) in [4.78, 5) is 42.1. The average Bonchev–Trinajstić information content (AvgIpc) is 2.86. The van der Waals surface area contributed by atoms with Gasteiger partial charge in [-0.1, -0.05) is 18.2 Å². The molecule has 7 heteroatoms. The number of anilines is 1. The third-order valence-electron chi connectivity index (χ3n) is 5.03. The number of hydrogen-bond donors (Lipinski definition) is 0. The van der Waals surface area contributed by atoms with Gasteiger partial charge < -0.3 is 4.74 Å². The van der Waals surface area contributed by atoms with Crippen molar-refractivity contribution in [3.63, 3.8) is 0 Å². The Labute approximate surface area is 153 Å². The molecule has 2 saturated heterocycles. The molecule has 1 atom stereocenters. The summed E-state index contributed by atoms with van der Waals surface area (Å²) in [6.45, 7) is 5.54. The Morgan fingerprint density at radius 1 is 1.15 bits per heavy atom. The molecule has 2 fully saturated rings. The first-order chi connectivity index (χ1) is 12.5. The lowest BCUT2D eigenvalue weighted by atomic mass is 9.97. The highest BCUT2D eigenvalue weighted by Crippen LogP contribution is 2.26. The first-order valence-electron chi connectivity index (χ1n) is 9.11. The lowest BCUT2D eigenvalue weighted by Crippen LogP contribution is -2.46. The third kappa shape index (κ3) is 3.58. The van der Waals surface area contributed by atoms with Gasteiger partial charge in [0.2, 0.25) is 0 Å². The SMILES string of the molecule is CCOC(=O)C1CCN(CN2C(=O)[C@@H](C)N(c3ccccc3)C2=O)CC1. The van der Waals surface area contributed by atoms with E-state index >= 15 is 0 Å². The number of carbonyl (C=O) groups is 3. The predicted molar refractivity (Wildman–Crippen MR) is 96.4 cm³/mol. The van der Waals surface area contributed by atoms with Crippen LogP contribution in [0.1, 0.15) is 26.7 Å². The second-order valence-corrected chi connectivity index (χ2v) is 6.72. The summed E-state index contributed by atoms with van der Waals surface area (Å²) in [5, 5.41) is 0. The van der Waals surface area contributed by atoms with Crippen molar-refractivity contribution in [2.45, 2.75) is 32.7 Å². The van der Waals surface area contributed by atoms with Crippen molar-refractivity contribution < 1.29 is 19.1 Å². The fraction of sp³-hybridized carbons (Fsp3) is 0.526. The first kappa shape index (κ1) is 18.4. The number of nitrogens with zero attached hydrogens (tertiary/aromatic N) is 3. The standard InChI is InChI=1S/C19H25N3O4/c1-3-26-18(24)15-9-11-20(12-10-15)13-21-17(23)14(2)22(19(21)25)16-7-5-4-6-8-16/h4-8,14-15H,3,9-13H2,1-2H3/t14-/m1/s1. The van der Waals surface area contributed by atoms with Crippen LogP contribution in [0.3, 0.4) is 0 Å². The van der Waals surface area contributed by atoms with Gasteiger partial charge in [-0.3, -0.25) is 19.4 Å². The van der Waals surface area contributed by atoms with Crippen molar-refractivity contribution in [1.82, 2.24) is 9.80 Å². The lowest BCUT2D eigenvalue weighted by molar-refractivity contribution is -0.150. The van der Waals surface area contributed by atoms with Crippen LogP contribution in [0.5, 0.6) is 0 Å². The average molecular weight is 359 g/mol. The summed E-state index contributed by atoms with van der Waals surface area (Å²) in [6.07, 6.45) is 1.38. The molecule has 0 aromatic heterocycles. The molecule has 3 amide bonds. The maximum Gasteiger partial charge on any atom is 0.333 e. The van der Waals surface area contributed by atoms with Gasteiger partial charge in [-0.05, 0) is 38.8 Å². The van der Waals surface area contributed by atoms with Crippen LogP contribution < -0.4 is 4.90 Å². The van der Waals surface area contributed by atoms with Gasteiger partial charge in [0.25, 0.3) is 5.91 Å². The fourth-order valence-corrected chi connectivity index (χ4v) is 3.55. The van der Waals surface area contributed by atoms with Crippen molar-refractivity contribution in [3.8, 4) is 0 Å². The molecule has 2 aliphatic rings. The smallest absolute Gasteiger partial charge is 0.333 e. The Bertz CT molecular complexity index is 671. The van der Waals surface area contributed by atoms with Gasteiger partial charge in [0.1, 0.15) is 6.04 Å². The van der Waals surface area contributed by atoms with Gasteiger partial charge in [0.15, 0.2) is 0 Å². The summed E-state index contributed by atoms with van der Waals surface area (Å²) >= 11 is 0. The molecule has 0 bridgehead atoms. The number of carbonyl (C=O) groups excluding carboxylic acids is 3. The molecule has 0 aliphatic carbocycles. The Morgan fingerprint density at radius 2 is 1.81 bits per heavy atom. The number of hydrogen-bond acceptors (Lipinski definition) is 5. The summed E-state index contributed by atoms with van der Waals surface area (Å²) in [5.74, 6) is -0.424. The van der Waals surface area contributed by atoms with E-state index < -0.39 is 6.04 Å². The van der Waals surface area contributed by atoms with E-state index in [4.69, 9.17) is 4.74 Å². The van der Waals surface area contributed by atoms with E-state index in [9.17, 15) is 14.4 Å². The Balaban J connectivity index is 1.61. The van der Waals surface area contributed by atoms with Crippen LogP contribution >= 0.6 is 0 Å². The van der Waals surface area contributed by atoms with Gasteiger partial charge in [-0.2, -0.15) is 0 Å². The van der Waals surface area contributed by atoms with Crippen LogP contribution in [0.2, 0.25) is 0 Å². The van der Waals surface area contributed by atoms with Crippen LogP contribution in [-0.4, -0.2) is 60.1 Å². The zero-order valence-corrected chi connectivity index (χ0v) is 15.3. The fourth-order valence-electron chi connectivity index (χ4n) is 3.55. The van der Waals surface area contributed by atoms with Gasteiger partial charge in [-0.15, -0.1) is 0 Å². The Hall–Kier alpha value is -2.41. The van der Waals surface area contributed by atoms with E-state index in [-0.39, 0.29) is 30.5 Å². The number of urea groups is 1. The number of ether oxygens (including phenoxy) is 1. The van der Waals surface area contributed by atoms with Crippen LogP contribution in [0, 0.1) is 5.92 Å². The minimum absolute atomic E-state index is 0.0871. The van der Waals surface area contributed by atoms with Crippen molar-refractivity contribution >= 4 is 23.6 Å². The highest BCUT2D eigenvalue weighted by atomic mass is 16.5. The van der Waals surface area contributed by atoms with Crippen molar-refractivity contribution in [2.24, 2.45) is 5.92 Å². The van der Waals surface area contributed by atoms with Gasteiger partial charge in [0.05, 0.1) is 19.2 Å². The molecule has 26 heavy (non-hydrogen) atoms. The largest absolute Gasteiger partial charge is 0.466 e. The molecule has 3 rings (SSSR count). The van der Waals surface area contributed by atoms with Crippen LogP contribution in [0.25, 0.3) is 0 Å². The molecule has 0 unspecified atom stereocenters. The topological polar surface area (TPSA) is 70.2 Å². The number of likely N-dealkylation sites (tertiary alicyclic amines) is 1. The number of para-hydroxylation sites is 1. The normalized spacial score (nSPS) is 22.2. The zero-order valence-electron chi connectivity index (χ0n) is 15.3. The minimum atomic E-state index is -0.512. The van der Waals surface area contributed by atoms with E-state index in [2.05, 4.69) is 0 Å². The molecule has 0 saturated carbocycles. The molecule has 2 aliphatic heterocycles. The van der Waals surface area contributed by atoms with Crippen LogP contribution in [0.4, 0.5) is 10.5 Å². The lowest BCUT2D eigenvalue weighted by Gasteiger charge is -2.32. The van der Waals surface area contributed by atoms with Gasteiger partial charge in [-0.25, -0.2) is 9.69 Å². The zero-order chi connectivity index (χ0) is 18.7. The van der Waals surface area contributed by atoms with Crippen molar-refractivity contribution in [1.29, 1.82) is 0 Å². The highest BCUT2D eigenvalue weighted by molar-refractivity contribution is 6.14. The second kappa shape index (κ2) is 7.86. The van der Waals surface area contributed by atoms with E-state index in [1.807, 2.05) is 35.2 Å². The molecule has 1 aromatic rings. The van der Waals surface area contributed by atoms with Crippen LogP contribution in [0.15, 0.2) is 30.3 Å². The first-order valence-corrected chi connectivity index (χ1v) is 9.11. The maximum atomic E-state index is 12.8. The van der Waals surface area contributed by atoms with Gasteiger partial charge >= 0.3 is 12.0 Å². The number of piperidine rings is 1. The Morgan fingerprint density at radius 3 is 2.42 bits per heavy atom. The summed E-state index contributed by atoms with van der Waals surface area (Å²) in [7, 11) is 0. The quantitative estimate of drug-likeness (QED) is 0.595. The predicted octanol–water partition coefficient (Wildman–Crippen LogP) is 2.08. The van der Waals surface area contributed by atoms with E-state index in [0.717, 1.165) is 5.69 Å².